The third-order valence-electron chi connectivity index (χ3n) is 4.95. The molecule has 2 aliphatic rings. The van der Waals surface area contributed by atoms with Crippen LogP contribution in [-0.2, 0) is 9.47 Å². The maximum atomic E-state index is 12.8. The van der Waals surface area contributed by atoms with Crippen molar-refractivity contribution < 1.29 is 14.3 Å². The third-order valence-corrected chi connectivity index (χ3v) is 4.95. The van der Waals surface area contributed by atoms with Gasteiger partial charge in [0.05, 0.1) is 35.9 Å². The molecule has 1 aromatic carbocycles. The molecule has 2 fully saturated rings. The Morgan fingerprint density at radius 3 is 3.13 bits per heavy atom. The van der Waals surface area contributed by atoms with Gasteiger partial charge in [0, 0.05) is 31.7 Å². The van der Waals surface area contributed by atoms with Gasteiger partial charge in [0.2, 0.25) is 0 Å². The lowest BCUT2D eigenvalue weighted by molar-refractivity contribution is 0.00702. The number of carbonyl (C=O) groups is 1. The molecule has 23 heavy (non-hydrogen) atoms. The van der Waals surface area contributed by atoms with Gasteiger partial charge in [-0.1, -0.05) is 18.2 Å². The number of amides is 1. The predicted molar refractivity (Wildman–Crippen MR) is 86.4 cm³/mol. The molecular formula is C18H20N2O3. The van der Waals surface area contributed by atoms with Crippen LogP contribution in [0, 0.1) is 0 Å². The van der Waals surface area contributed by atoms with E-state index in [-0.39, 0.29) is 17.6 Å². The van der Waals surface area contributed by atoms with Crippen LogP contribution in [0.4, 0.5) is 0 Å². The van der Waals surface area contributed by atoms with Gasteiger partial charge in [-0.15, -0.1) is 0 Å². The van der Waals surface area contributed by atoms with Gasteiger partial charge in [-0.3, -0.25) is 9.78 Å². The van der Waals surface area contributed by atoms with Gasteiger partial charge in [-0.25, -0.2) is 0 Å². The fourth-order valence-electron chi connectivity index (χ4n) is 3.63. The van der Waals surface area contributed by atoms with Crippen molar-refractivity contribution in [3.05, 3.63) is 42.1 Å². The molecule has 1 aromatic heterocycles. The van der Waals surface area contributed by atoms with E-state index in [4.69, 9.17) is 9.47 Å². The number of fused-ring (bicyclic) bond motifs is 1. The monoisotopic (exact) mass is 312 g/mol. The summed E-state index contributed by atoms with van der Waals surface area (Å²) < 4.78 is 11.3. The zero-order chi connectivity index (χ0) is 15.9. The van der Waals surface area contributed by atoms with Crippen LogP contribution >= 0.6 is 0 Å². The van der Waals surface area contributed by atoms with E-state index in [1.165, 1.54) is 0 Å². The van der Waals surface area contributed by atoms with E-state index < -0.39 is 0 Å². The van der Waals surface area contributed by atoms with E-state index in [9.17, 15) is 4.79 Å². The average Bonchev–Trinajstić information content (AvgIpc) is 3.21. The summed E-state index contributed by atoms with van der Waals surface area (Å²) in [5, 5.41) is 0.990. The molecule has 2 saturated heterocycles. The number of ether oxygens (including phenoxy) is 2. The molecule has 2 aliphatic heterocycles. The van der Waals surface area contributed by atoms with Crippen molar-refractivity contribution in [2.24, 2.45) is 0 Å². The summed E-state index contributed by atoms with van der Waals surface area (Å²) in [7, 11) is 1.71. The number of likely N-dealkylation sites (tertiary alicyclic amines) is 1. The first kappa shape index (κ1) is 14.6. The SMILES string of the molecule is COC1COC2(CCN(C(=O)c3cnc4ccccc4c3)C2)C1. The number of rotatable bonds is 2. The maximum Gasteiger partial charge on any atom is 0.255 e. The average molecular weight is 312 g/mol. The Balaban J connectivity index is 1.53. The highest BCUT2D eigenvalue weighted by molar-refractivity contribution is 5.97. The maximum absolute atomic E-state index is 12.8. The molecule has 0 saturated carbocycles. The lowest BCUT2D eigenvalue weighted by Crippen LogP contribution is -2.36. The minimum absolute atomic E-state index is 0.0320. The van der Waals surface area contributed by atoms with Gasteiger partial charge >= 0.3 is 0 Å². The second-order valence-electron chi connectivity index (χ2n) is 6.45. The fourth-order valence-corrected chi connectivity index (χ4v) is 3.63. The van der Waals surface area contributed by atoms with Crippen molar-refractivity contribution in [3.63, 3.8) is 0 Å². The summed E-state index contributed by atoms with van der Waals surface area (Å²) in [6, 6.07) is 9.76. The van der Waals surface area contributed by atoms with Gasteiger partial charge in [-0.05, 0) is 18.6 Å². The van der Waals surface area contributed by atoms with Crippen molar-refractivity contribution in [1.82, 2.24) is 9.88 Å². The molecule has 5 nitrogen and oxygen atoms in total. The molecule has 2 unspecified atom stereocenters. The molecule has 120 valence electrons. The number of pyridine rings is 1. The predicted octanol–water partition coefficient (Wildman–Crippen LogP) is 2.25. The van der Waals surface area contributed by atoms with Gasteiger partial charge in [0.25, 0.3) is 5.91 Å². The van der Waals surface area contributed by atoms with Crippen LogP contribution in [0.2, 0.25) is 0 Å². The fraction of sp³-hybridized carbons (Fsp3) is 0.444. The number of methoxy groups -OCH3 is 1. The Labute approximate surface area is 135 Å². The molecule has 0 radical (unpaired) electrons. The lowest BCUT2D eigenvalue weighted by Gasteiger charge is -2.23. The van der Waals surface area contributed by atoms with Crippen LogP contribution in [0.3, 0.4) is 0 Å². The van der Waals surface area contributed by atoms with Gasteiger partial charge in [0.15, 0.2) is 0 Å². The van der Waals surface area contributed by atoms with E-state index in [2.05, 4.69) is 4.98 Å². The first-order valence-electron chi connectivity index (χ1n) is 8.00. The molecule has 1 spiro atoms. The molecule has 4 rings (SSSR count). The number of aromatic nitrogens is 1. The van der Waals surface area contributed by atoms with Crippen molar-refractivity contribution in [2.45, 2.75) is 24.5 Å². The zero-order valence-electron chi connectivity index (χ0n) is 13.2. The van der Waals surface area contributed by atoms with Crippen molar-refractivity contribution in [2.75, 3.05) is 26.8 Å². The minimum atomic E-state index is -0.222. The van der Waals surface area contributed by atoms with E-state index in [0.29, 0.717) is 18.7 Å². The van der Waals surface area contributed by atoms with Crippen molar-refractivity contribution in [3.8, 4) is 0 Å². The number of hydrogen-bond donors (Lipinski definition) is 0. The topological polar surface area (TPSA) is 51.7 Å². The van der Waals surface area contributed by atoms with Gasteiger partial charge < -0.3 is 14.4 Å². The van der Waals surface area contributed by atoms with E-state index in [1.54, 1.807) is 13.3 Å². The van der Waals surface area contributed by atoms with E-state index >= 15 is 0 Å². The molecule has 5 heteroatoms. The second-order valence-corrected chi connectivity index (χ2v) is 6.45. The summed E-state index contributed by atoms with van der Waals surface area (Å²) in [5.74, 6) is 0.0320. The first-order chi connectivity index (χ1) is 11.2. The smallest absolute Gasteiger partial charge is 0.255 e. The summed E-state index contributed by atoms with van der Waals surface area (Å²) in [4.78, 5) is 19.0. The summed E-state index contributed by atoms with van der Waals surface area (Å²) in [6.07, 6.45) is 3.55. The molecule has 1 amide bonds. The third kappa shape index (κ3) is 2.60. The number of hydrogen-bond acceptors (Lipinski definition) is 4. The number of benzene rings is 1. The standard InChI is InChI=1S/C18H20N2O3/c1-22-15-9-18(23-11-15)6-7-20(12-18)17(21)14-8-13-4-2-3-5-16(13)19-10-14/h2-5,8,10,15H,6-7,9,11-12H2,1H3. The Kier molecular flexibility index (Phi) is 3.54. The molecule has 0 bridgehead atoms. The highest BCUT2D eigenvalue weighted by atomic mass is 16.6. The van der Waals surface area contributed by atoms with Crippen LogP contribution in [0.5, 0.6) is 0 Å². The molecule has 0 aliphatic carbocycles. The molecule has 2 aromatic rings. The lowest BCUT2D eigenvalue weighted by atomic mass is 9.98. The number of para-hydroxylation sites is 1. The Bertz CT molecular complexity index is 748. The highest BCUT2D eigenvalue weighted by Crippen LogP contribution is 2.36. The molecule has 3 heterocycles. The van der Waals surface area contributed by atoms with Crippen LogP contribution < -0.4 is 0 Å². The van der Waals surface area contributed by atoms with Crippen LogP contribution in [0.15, 0.2) is 36.5 Å². The number of nitrogens with zero attached hydrogens (tertiary/aromatic N) is 2. The van der Waals surface area contributed by atoms with E-state index in [1.807, 2.05) is 35.2 Å². The van der Waals surface area contributed by atoms with E-state index in [0.717, 1.165) is 30.3 Å². The number of carbonyl (C=O) groups excluding carboxylic acids is 1. The van der Waals surface area contributed by atoms with Crippen molar-refractivity contribution >= 4 is 16.8 Å². The van der Waals surface area contributed by atoms with Gasteiger partial charge in [0.1, 0.15) is 0 Å². The van der Waals surface area contributed by atoms with Gasteiger partial charge in [-0.2, -0.15) is 0 Å². The van der Waals surface area contributed by atoms with Crippen LogP contribution in [0.25, 0.3) is 10.9 Å². The Hall–Kier alpha value is -1.98. The summed E-state index contributed by atoms with van der Waals surface area (Å²) in [6.45, 7) is 1.98. The van der Waals surface area contributed by atoms with Crippen molar-refractivity contribution in [1.29, 1.82) is 0 Å². The van der Waals surface area contributed by atoms with Crippen LogP contribution in [0.1, 0.15) is 23.2 Å². The Morgan fingerprint density at radius 1 is 1.43 bits per heavy atom. The molecule has 2 atom stereocenters. The Morgan fingerprint density at radius 2 is 2.30 bits per heavy atom. The highest BCUT2D eigenvalue weighted by Gasteiger charge is 2.47. The quantitative estimate of drug-likeness (QED) is 0.853. The molecule has 0 N–H and O–H groups in total. The normalized spacial score (nSPS) is 27.2. The summed E-state index contributed by atoms with van der Waals surface area (Å²) in [5.41, 5.74) is 1.33. The summed E-state index contributed by atoms with van der Waals surface area (Å²) >= 11 is 0. The molecular weight excluding hydrogens is 292 g/mol. The van der Waals surface area contributed by atoms with Crippen LogP contribution in [-0.4, -0.2) is 54.3 Å². The second kappa shape index (κ2) is 5.58. The zero-order valence-corrected chi connectivity index (χ0v) is 13.2. The first-order valence-corrected chi connectivity index (χ1v) is 8.00. The largest absolute Gasteiger partial charge is 0.379 e. The minimum Gasteiger partial charge on any atom is -0.379 e.